The first-order valence-electron chi connectivity index (χ1n) is 7.49. The zero-order valence-corrected chi connectivity index (χ0v) is 14.1. The van der Waals surface area contributed by atoms with Crippen molar-refractivity contribution in [2.24, 2.45) is 0 Å². The molecule has 0 aliphatic carbocycles. The molecule has 0 fully saturated rings. The van der Waals surface area contributed by atoms with Crippen molar-refractivity contribution < 1.29 is 14.1 Å². The van der Waals surface area contributed by atoms with Crippen molar-refractivity contribution in [3.05, 3.63) is 82.3 Å². The van der Waals surface area contributed by atoms with Crippen LogP contribution in [0.25, 0.3) is 0 Å². The van der Waals surface area contributed by atoms with Gasteiger partial charge in [0.25, 0.3) is 5.69 Å². The highest BCUT2D eigenvalue weighted by molar-refractivity contribution is 8.00. The van der Waals surface area contributed by atoms with E-state index in [-0.39, 0.29) is 24.1 Å². The van der Waals surface area contributed by atoms with Crippen LogP contribution in [0.3, 0.4) is 0 Å². The van der Waals surface area contributed by atoms with Crippen LogP contribution < -0.4 is 9.46 Å². The molecule has 132 valence electrons. The highest BCUT2D eigenvalue weighted by atomic mass is 32.2. The lowest BCUT2D eigenvalue weighted by atomic mass is 10.2. The molecular weight excluding hydrogens is 359 g/mol. The highest BCUT2D eigenvalue weighted by Crippen LogP contribution is 2.30. The molecule has 0 amide bonds. The van der Waals surface area contributed by atoms with Crippen molar-refractivity contribution in [2.75, 3.05) is 4.72 Å². The van der Waals surface area contributed by atoms with Crippen LogP contribution in [0.2, 0.25) is 0 Å². The van der Waals surface area contributed by atoms with Gasteiger partial charge in [0.1, 0.15) is 11.5 Å². The van der Waals surface area contributed by atoms with Crippen LogP contribution in [0.5, 0.6) is 6.01 Å². The van der Waals surface area contributed by atoms with Gasteiger partial charge in [-0.3, -0.25) is 10.1 Å². The molecule has 0 spiro atoms. The number of benzene rings is 2. The number of nitrogens with zero attached hydrogens (tertiary/aromatic N) is 3. The predicted octanol–water partition coefficient (Wildman–Crippen LogP) is 4.22. The van der Waals surface area contributed by atoms with E-state index in [0.29, 0.717) is 4.90 Å². The molecule has 9 heteroatoms. The number of anilines is 1. The largest absolute Gasteiger partial charge is 0.459 e. The van der Waals surface area contributed by atoms with Crippen LogP contribution in [0.1, 0.15) is 5.56 Å². The third-order valence-electron chi connectivity index (χ3n) is 3.25. The van der Waals surface area contributed by atoms with Crippen LogP contribution in [-0.4, -0.2) is 14.9 Å². The number of nitrogens with one attached hydrogen (secondary N) is 1. The van der Waals surface area contributed by atoms with E-state index in [1.807, 2.05) is 30.3 Å². The number of nitro groups is 1. The molecule has 0 radical (unpaired) electrons. The van der Waals surface area contributed by atoms with Gasteiger partial charge in [0.2, 0.25) is 0 Å². The first kappa shape index (κ1) is 17.6. The Kier molecular flexibility index (Phi) is 5.59. The fourth-order valence-corrected chi connectivity index (χ4v) is 2.76. The van der Waals surface area contributed by atoms with Crippen LogP contribution in [0, 0.1) is 15.9 Å². The average molecular weight is 372 g/mol. The zero-order chi connectivity index (χ0) is 18.4. The lowest BCUT2D eigenvalue weighted by Crippen LogP contribution is -2.03. The van der Waals surface area contributed by atoms with Crippen molar-refractivity contribution in [3.63, 3.8) is 0 Å². The van der Waals surface area contributed by atoms with Gasteiger partial charge in [0.05, 0.1) is 11.1 Å². The molecule has 0 atom stereocenters. The van der Waals surface area contributed by atoms with Gasteiger partial charge in [-0.2, -0.15) is 4.98 Å². The van der Waals surface area contributed by atoms with E-state index in [0.717, 1.165) is 23.7 Å². The maximum atomic E-state index is 13.9. The van der Waals surface area contributed by atoms with Gasteiger partial charge in [-0.1, -0.05) is 42.5 Å². The van der Waals surface area contributed by atoms with Crippen molar-refractivity contribution in [1.82, 2.24) is 9.97 Å². The summed E-state index contributed by atoms with van der Waals surface area (Å²) in [6, 6.07) is 15.5. The summed E-state index contributed by atoms with van der Waals surface area (Å²) in [6.07, 6.45) is 0.982. The van der Waals surface area contributed by atoms with E-state index in [1.165, 1.54) is 6.07 Å². The second kappa shape index (κ2) is 8.26. The molecule has 1 heterocycles. The summed E-state index contributed by atoms with van der Waals surface area (Å²) in [5, 5.41) is 11.0. The Labute approximate surface area is 152 Å². The van der Waals surface area contributed by atoms with E-state index < -0.39 is 10.7 Å². The Balaban J connectivity index is 1.69. The molecule has 1 aromatic heterocycles. The molecule has 0 aliphatic heterocycles. The van der Waals surface area contributed by atoms with E-state index in [9.17, 15) is 14.5 Å². The van der Waals surface area contributed by atoms with Crippen molar-refractivity contribution in [1.29, 1.82) is 0 Å². The molecule has 0 saturated heterocycles. The van der Waals surface area contributed by atoms with Gasteiger partial charge in [-0.05, 0) is 23.6 Å². The monoisotopic (exact) mass is 372 g/mol. The van der Waals surface area contributed by atoms with Crippen LogP contribution in [-0.2, 0) is 6.61 Å². The lowest BCUT2D eigenvalue weighted by molar-refractivity contribution is -0.387. The molecule has 0 bridgehead atoms. The summed E-state index contributed by atoms with van der Waals surface area (Å²) in [5.41, 5.74) is 0.837. The molecule has 2 aromatic carbocycles. The highest BCUT2D eigenvalue weighted by Gasteiger charge is 2.15. The Hall–Kier alpha value is -3.20. The number of rotatable bonds is 7. The Morgan fingerprint density at radius 1 is 1.15 bits per heavy atom. The van der Waals surface area contributed by atoms with E-state index in [1.54, 1.807) is 18.2 Å². The maximum Gasteiger partial charge on any atom is 0.318 e. The summed E-state index contributed by atoms with van der Waals surface area (Å²) in [7, 11) is 0. The fraction of sp³-hybridized carbons (Fsp3) is 0.0588. The van der Waals surface area contributed by atoms with Gasteiger partial charge < -0.3 is 9.46 Å². The minimum Gasteiger partial charge on any atom is -0.459 e. The van der Waals surface area contributed by atoms with Gasteiger partial charge in [0.15, 0.2) is 11.6 Å². The minimum atomic E-state index is -0.692. The van der Waals surface area contributed by atoms with E-state index >= 15 is 0 Å². The number of aromatic nitrogens is 2. The molecular formula is C17H13FN4O3S. The third kappa shape index (κ3) is 4.45. The van der Waals surface area contributed by atoms with Gasteiger partial charge in [0, 0.05) is 6.07 Å². The number of halogens is 1. The average Bonchev–Trinajstić information content (AvgIpc) is 2.67. The molecule has 3 rings (SSSR count). The summed E-state index contributed by atoms with van der Waals surface area (Å²) >= 11 is 0.888. The first-order valence-corrected chi connectivity index (χ1v) is 8.30. The molecule has 3 aromatic rings. The third-order valence-corrected chi connectivity index (χ3v) is 4.11. The van der Waals surface area contributed by atoms with Crippen LogP contribution in [0.15, 0.2) is 65.7 Å². The molecule has 26 heavy (non-hydrogen) atoms. The second-order valence-corrected chi connectivity index (χ2v) is 5.90. The second-order valence-electron chi connectivity index (χ2n) is 5.05. The Morgan fingerprint density at radius 2 is 1.88 bits per heavy atom. The minimum absolute atomic E-state index is 0.000847. The quantitative estimate of drug-likeness (QED) is 0.377. The Morgan fingerprint density at radius 3 is 2.65 bits per heavy atom. The molecule has 0 aliphatic rings. The van der Waals surface area contributed by atoms with Crippen molar-refractivity contribution in [3.8, 4) is 6.01 Å². The number of ether oxygens (including phenoxy) is 1. The number of nitro benzene ring substituents is 1. The first-order chi connectivity index (χ1) is 12.6. The molecule has 7 nitrogen and oxygen atoms in total. The summed E-state index contributed by atoms with van der Waals surface area (Å²) in [5.74, 6) is -0.811. The normalized spacial score (nSPS) is 10.3. The zero-order valence-electron chi connectivity index (χ0n) is 13.3. The topological polar surface area (TPSA) is 90.2 Å². The number of hydrogen-bond donors (Lipinski definition) is 1. The summed E-state index contributed by atoms with van der Waals surface area (Å²) in [6.45, 7) is 0.239. The summed E-state index contributed by atoms with van der Waals surface area (Å²) in [4.78, 5) is 18.6. The molecule has 0 unspecified atom stereocenters. The fourth-order valence-electron chi connectivity index (χ4n) is 2.01. The van der Waals surface area contributed by atoms with E-state index in [2.05, 4.69) is 14.7 Å². The molecule has 1 N–H and O–H groups in total. The van der Waals surface area contributed by atoms with Crippen molar-refractivity contribution >= 4 is 23.5 Å². The van der Waals surface area contributed by atoms with Crippen LogP contribution >= 0.6 is 11.9 Å². The van der Waals surface area contributed by atoms with E-state index in [4.69, 9.17) is 4.74 Å². The van der Waals surface area contributed by atoms with Crippen molar-refractivity contribution in [2.45, 2.75) is 11.5 Å². The standard InChI is InChI=1S/C17H13FN4O3S/c18-13-10-19-17(25-11-12-6-2-1-3-7-12)20-16(13)21-26-15-9-5-4-8-14(15)22(23)24/h1-10H,11H2,(H,19,20,21). The van der Waals surface area contributed by atoms with Gasteiger partial charge >= 0.3 is 6.01 Å². The van der Waals surface area contributed by atoms with Gasteiger partial charge in [-0.15, -0.1) is 0 Å². The maximum absolute atomic E-state index is 13.9. The smallest absolute Gasteiger partial charge is 0.318 e. The lowest BCUT2D eigenvalue weighted by Gasteiger charge is -2.08. The Bertz CT molecular complexity index is 912. The predicted molar refractivity (Wildman–Crippen MR) is 95.3 cm³/mol. The van der Waals surface area contributed by atoms with Crippen LogP contribution in [0.4, 0.5) is 15.9 Å². The molecule has 0 saturated carbocycles. The number of hydrogen-bond acceptors (Lipinski definition) is 7. The van der Waals surface area contributed by atoms with Gasteiger partial charge in [-0.25, -0.2) is 9.37 Å². The summed E-state index contributed by atoms with van der Waals surface area (Å²) < 4.78 is 22.0. The number of para-hydroxylation sites is 1. The SMILES string of the molecule is O=[N+]([O-])c1ccccc1SNc1nc(OCc2ccccc2)ncc1F.